The molecule has 1 aromatic rings. The summed E-state index contributed by atoms with van der Waals surface area (Å²) >= 11 is 0. The first-order valence-corrected chi connectivity index (χ1v) is 9.00. The van der Waals surface area contributed by atoms with Crippen LogP contribution in [0.2, 0.25) is 0 Å². The van der Waals surface area contributed by atoms with Crippen LogP contribution < -0.4 is 10.1 Å². The number of hydrogen-bond donors (Lipinski definition) is 2. The largest absolute Gasteiger partial charge is 0.510 e. The number of allylic oxidation sites excluding steroid dienone is 2. The Labute approximate surface area is 149 Å². The second-order valence-electron chi connectivity index (χ2n) is 7.40. The van der Waals surface area contributed by atoms with E-state index in [9.17, 15) is 9.90 Å². The summed E-state index contributed by atoms with van der Waals surface area (Å²) in [5, 5.41) is 13.6. The van der Waals surface area contributed by atoms with Gasteiger partial charge in [0.1, 0.15) is 17.0 Å². The number of nitrogens with one attached hydrogen (secondary N) is 1. The Balaban J connectivity index is 2.04. The van der Waals surface area contributed by atoms with Crippen molar-refractivity contribution >= 4 is 5.91 Å². The number of β-lactam (4-membered cyclic amide) rings is 1. The van der Waals surface area contributed by atoms with Crippen LogP contribution in [0.4, 0.5) is 0 Å². The van der Waals surface area contributed by atoms with Gasteiger partial charge in [0.25, 0.3) is 5.91 Å². The number of benzene rings is 1. The van der Waals surface area contributed by atoms with Gasteiger partial charge in [0.05, 0.1) is 0 Å². The number of carbonyl (C=O) groups excluding carboxylic acids is 1. The van der Waals surface area contributed by atoms with E-state index >= 15 is 0 Å². The Morgan fingerprint density at radius 1 is 1.24 bits per heavy atom. The Morgan fingerprint density at radius 2 is 2.00 bits per heavy atom. The van der Waals surface area contributed by atoms with Crippen LogP contribution in [0, 0.1) is 13.8 Å². The Hall–Kier alpha value is -2.23. The maximum atomic E-state index is 12.8. The zero-order valence-electron chi connectivity index (χ0n) is 15.5. The highest BCUT2D eigenvalue weighted by Crippen LogP contribution is 2.49. The van der Waals surface area contributed by atoms with Gasteiger partial charge in [0, 0.05) is 6.42 Å². The Kier molecular flexibility index (Phi) is 4.40. The number of amides is 1. The molecule has 1 aliphatic heterocycles. The molecule has 1 amide bonds. The van der Waals surface area contributed by atoms with Crippen molar-refractivity contribution in [2.24, 2.45) is 0 Å². The van der Waals surface area contributed by atoms with Crippen molar-refractivity contribution in [1.82, 2.24) is 5.32 Å². The normalized spacial score (nSPS) is 28.1. The van der Waals surface area contributed by atoms with Gasteiger partial charge in [-0.25, -0.2) is 0 Å². The molecule has 3 rings (SSSR count). The molecule has 1 spiro atoms. The van der Waals surface area contributed by atoms with E-state index in [2.05, 4.69) is 12.2 Å². The number of hydrogen-bond acceptors (Lipinski definition) is 3. The molecule has 1 aliphatic carbocycles. The van der Waals surface area contributed by atoms with Crippen molar-refractivity contribution in [2.75, 3.05) is 0 Å². The van der Waals surface area contributed by atoms with Gasteiger partial charge < -0.3 is 15.2 Å². The van der Waals surface area contributed by atoms with E-state index in [-0.39, 0.29) is 11.7 Å². The van der Waals surface area contributed by atoms with Gasteiger partial charge in [-0.05, 0) is 51.3 Å². The van der Waals surface area contributed by atoms with Gasteiger partial charge in [-0.2, -0.15) is 0 Å². The van der Waals surface area contributed by atoms with Crippen molar-refractivity contribution in [2.45, 2.75) is 64.5 Å². The minimum absolute atomic E-state index is 0.143. The molecule has 0 bridgehead atoms. The number of unbranched alkanes of at least 4 members (excludes halogenated alkanes) is 1. The molecule has 1 saturated heterocycles. The van der Waals surface area contributed by atoms with Crippen molar-refractivity contribution in [3.05, 3.63) is 52.8 Å². The van der Waals surface area contributed by atoms with Crippen LogP contribution in [-0.2, 0) is 4.79 Å². The van der Waals surface area contributed by atoms with Gasteiger partial charge in [0.2, 0.25) is 5.60 Å². The molecule has 0 saturated carbocycles. The predicted molar refractivity (Wildman–Crippen MR) is 98.8 cm³/mol. The molecule has 0 aromatic heterocycles. The number of aliphatic hydroxyl groups excluding tert-OH is 1. The summed E-state index contributed by atoms with van der Waals surface area (Å²) in [6.07, 6.45) is 6.54. The summed E-state index contributed by atoms with van der Waals surface area (Å²) in [4.78, 5) is 12.8. The summed E-state index contributed by atoms with van der Waals surface area (Å²) in [7, 11) is 0. The molecular formula is C21H27NO3. The molecule has 1 heterocycles. The highest BCUT2D eigenvalue weighted by atomic mass is 16.5. The summed E-state index contributed by atoms with van der Waals surface area (Å²) in [6, 6.07) is 5.96. The van der Waals surface area contributed by atoms with Crippen molar-refractivity contribution in [3.8, 4) is 5.75 Å². The Bertz CT molecular complexity index is 764. The van der Waals surface area contributed by atoms with E-state index in [4.69, 9.17) is 4.74 Å². The standard InChI is InChI=1S/C21H27NO3/c1-5-6-11-21(25-17-9-7-14(2)12-16(17)4)19(24)22-20(21)13-15(3)8-10-18(20)23/h7-10,12,23H,5-6,11,13H2,1-4H3,(H,22,24). The molecule has 1 aromatic carbocycles. The smallest absolute Gasteiger partial charge is 0.268 e. The molecule has 2 aliphatic rings. The van der Waals surface area contributed by atoms with Crippen LogP contribution in [0.25, 0.3) is 0 Å². The van der Waals surface area contributed by atoms with E-state index in [1.54, 1.807) is 6.08 Å². The van der Waals surface area contributed by atoms with Crippen LogP contribution in [0.3, 0.4) is 0 Å². The maximum absolute atomic E-state index is 12.8. The van der Waals surface area contributed by atoms with E-state index in [0.717, 1.165) is 29.5 Å². The molecule has 4 heteroatoms. The molecular weight excluding hydrogens is 314 g/mol. The molecule has 134 valence electrons. The molecule has 0 radical (unpaired) electrons. The molecule has 2 unspecified atom stereocenters. The number of ether oxygens (including phenoxy) is 1. The average Bonchev–Trinajstić information content (AvgIpc) is 2.56. The summed E-state index contributed by atoms with van der Waals surface area (Å²) in [5.74, 6) is 0.741. The predicted octanol–water partition coefficient (Wildman–Crippen LogP) is 4.27. The zero-order valence-corrected chi connectivity index (χ0v) is 15.5. The van der Waals surface area contributed by atoms with Crippen LogP contribution in [0.15, 0.2) is 41.7 Å². The third-order valence-corrected chi connectivity index (χ3v) is 5.39. The maximum Gasteiger partial charge on any atom is 0.268 e. The first-order chi connectivity index (χ1) is 11.8. The van der Waals surface area contributed by atoms with Crippen LogP contribution in [0.5, 0.6) is 5.75 Å². The minimum atomic E-state index is -1.07. The highest BCUT2D eigenvalue weighted by Gasteiger charge is 2.70. The summed E-state index contributed by atoms with van der Waals surface area (Å²) in [6.45, 7) is 8.12. The second-order valence-corrected chi connectivity index (χ2v) is 7.40. The third kappa shape index (κ3) is 2.64. The average molecular weight is 341 g/mol. The number of aliphatic hydroxyl groups is 1. The van der Waals surface area contributed by atoms with Crippen LogP contribution >= 0.6 is 0 Å². The highest BCUT2D eigenvalue weighted by molar-refractivity contribution is 5.97. The summed E-state index contributed by atoms with van der Waals surface area (Å²) < 4.78 is 6.41. The van der Waals surface area contributed by atoms with Crippen molar-refractivity contribution < 1.29 is 14.6 Å². The van der Waals surface area contributed by atoms with Gasteiger partial charge in [-0.3, -0.25) is 4.79 Å². The van der Waals surface area contributed by atoms with Gasteiger partial charge in [-0.1, -0.05) is 42.7 Å². The lowest BCUT2D eigenvalue weighted by Crippen LogP contribution is -2.84. The van der Waals surface area contributed by atoms with E-state index in [1.165, 1.54) is 0 Å². The van der Waals surface area contributed by atoms with Gasteiger partial charge >= 0.3 is 0 Å². The zero-order chi connectivity index (χ0) is 18.2. The van der Waals surface area contributed by atoms with Crippen LogP contribution in [0.1, 0.15) is 50.7 Å². The number of carbonyl (C=O) groups is 1. The van der Waals surface area contributed by atoms with Crippen molar-refractivity contribution in [1.29, 1.82) is 0 Å². The monoisotopic (exact) mass is 341 g/mol. The van der Waals surface area contributed by atoms with Gasteiger partial charge in [0.15, 0.2) is 0 Å². The molecule has 4 nitrogen and oxygen atoms in total. The SMILES string of the molecule is CCCCC1(Oc2ccc(C)cc2C)C(=O)NC12CC(C)=CC=C2O. The molecule has 2 atom stereocenters. The first-order valence-electron chi connectivity index (χ1n) is 9.00. The fourth-order valence-electron chi connectivity index (χ4n) is 3.95. The molecule has 1 fully saturated rings. The fourth-order valence-corrected chi connectivity index (χ4v) is 3.95. The summed E-state index contributed by atoms with van der Waals surface area (Å²) in [5.41, 5.74) is 1.33. The second kappa shape index (κ2) is 6.25. The minimum Gasteiger partial charge on any atom is -0.510 e. The van der Waals surface area contributed by atoms with E-state index < -0.39 is 11.1 Å². The first kappa shape index (κ1) is 17.6. The topological polar surface area (TPSA) is 58.6 Å². The van der Waals surface area contributed by atoms with E-state index in [0.29, 0.717) is 18.6 Å². The van der Waals surface area contributed by atoms with Gasteiger partial charge in [-0.15, -0.1) is 0 Å². The fraction of sp³-hybridized carbons (Fsp3) is 0.476. The third-order valence-electron chi connectivity index (χ3n) is 5.39. The lowest BCUT2D eigenvalue weighted by molar-refractivity contribution is -0.171. The Morgan fingerprint density at radius 3 is 2.64 bits per heavy atom. The molecule has 25 heavy (non-hydrogen) atoms. The lowest BCUT2D eigenvalue weighted by atomic mass is 9.63. The molecule has 2 N–H and O–H groups in total. The van der Waals surface area contributed by atoms with E-state index in [1.807, 2.05) is 45.0 Å². The number of rotatable bonds is 5. The quantitative estimate of drug-likeness (QED) is 0.786. The van der Waals surface area contributed by atoms with Crippen molar-refractivity contribution in [3.63, 3.8) is 0 Å². The lowest BCUT2D eigenvalue weighted by Gasteiger charge is -2.58. The number of aryl methyl sites for hydroxylation is 2. The van der Waals surface area contributed by atoms with Crippen LogP contribution in [-0.4, -0.2) is 22.2 Å².